The molecule has 0 aromatic heterocycles. The van der Waals surface area contributed by atoms with Gasteiger partial charge in [-0.05, 0) is 48.4 Å². The topological polar surface area (TPSA) is 20.2 Å². The molecule has 1 saturated carbocycles. The standard InChI is InChI=1S/C12H15FO/c1-8-5-9(7-10(13)6-8)11(14)12(2)3-4-12/h5-7,11,14H,3-4H2,1-2H3. The van der Waals surface area contributed by atoms with Crippen LogP contribution in [0.1, 0.15) is 37.0 Å². The Labute approximate surface area is 83.6 Å². The van der Waals surface area contributed by atoms with Gasteiger partial charge in [0.2, 0.25) is 0 Å². The van der Waals surface area contributed by atoms with Crippen molar-refractivity contribution in [1.29, 1.82) is 0 Å². The van der Waals surface area contributed by atoms with Crippen LogP contribution >= 0.6 is 0 Å². The summed E-state index contributed by atoms with van der Waals surface area (Å²) in [5.41, 5.74) is 1.56. The van der Waals surface area contributed by atoms with Crippen LogP contribution in [0.15, 0.2) is 18.2 Å². The van der Waals surface area contributed by atoms with E-state index in [1.54, 1.807) is 0 Å². The monoisotopic (exact) mass is 194 g/mol. The molecule has 1 aliphatic carbocycles. The molecule has 0 saturated heterocycles. The fraction of sp³-hybridized carbons (Fsp3) is 0.500. The third kappa shape index (κ3) is 1.67. The third-order valence-electron chi connectivity index (χ3n) is 3.08. The quantitative estimate of drug-likeness (QED) is 0.767. The molecular weight excluding hydrogens is 179 g/mol. The molecule has 76 valence electrons. The van der Waals surface area contributed by atoms with Gasteiger partial charge in [0.05, 0.1) is 6.10 Å². The second kappa shape index (κ2) is 3.06. The minimum absolute atomic E-state index is 0.0137. The van der Waals surface area contributed by atoms with E-state index in [4.69, 9.17) is 0 Å². The second-order valence-electron chi connectivity index (χ2n) is 4.62. The second-order valence-corrected chi connectivity index (χ2v) is 4.62. The lowest BCUT2D eigenvalue weighted by Gasteiger charge is -2.18. The summed E-state index contributed by atoms with van der Waals surface area (Å²) >= 11 is 0. The first kappa shape index (κ1) is 9.66. The van der Waals surface area contributed by atoms with E-state index in [0.717, 1.165) is 18.4 Å². The number of benzene rings is 1. The molecule has 1 N–H and O–H groups in total. The fourth-order valence-corrected chi connectivity index (χ4v) is 1.80. The van der Waals surface area contributed by atoms with Gasteiger partial charge in [0.25, 0.3) is 0 Å². The zero-order valence-corrected chi connectivity index (χ0v) is 8.55. The highest BCUT2D eigenvalue weighted by Gasteiger charge is 2.44. The zero-order chi connectivity index (χ0) is 10.3. The normalized spacial score (nSPS) is 20.6. The van der Waals surface area contributed by atoms with Crippen molar-refractivity contribution in [2.45, 2.75) is 32.8 Å². The van der Waals surface area contributed by atoms with Crippen molar-refractivity contribution in [3.05, 3.63) is 35.1 Å². The van der Waals surface area contributed by atoms with E-state index in [2.05, 4.69) is 0 Å². The van der Waals surface area contributed by atoms with E-state index in [9.17, 15) is 9.50 Å². The Morgan fingerprint density at radius 3 is 2.50 bits per heavy atom. The number of aliphatic hydroxyl groups is 1. The van der Waals surface area contributed by atoms with Gasteiger partial charge in [-0.3, -0.25) is 0 Å². The van der Waals surface area contributed by atoms with Gasteiger partial charge >= 0.3 is 0 Å². The Bertz CT molecular complexity index is 335. The summed E-state index contributed by atoms with van der Waals surface area (Å²) in [5, 5.41) is 10.0. The largest absolute Gasteiger partial charge is 0.388 e. The molecular formula is C12H15FO. The smallest absolute Gasteiger partial charge is 0.123 e. The Morgan fingerprint density at radius 2 is 2.00 bits per heavy atom. The lowest BCUT2D eigenvalue weighted by atomic mass is 9.94. The lowest BCUT2D eigenvalue weighted by Crippen LogP contribution is -2.10. The van der Waals surface area contributed by atoms with Gasteiger partial charge in [0, 0.05) is 0 Å². The van der Waals surface area contributed by atoms with Crippen molar-refractivity contribution in [3.8, 4) is 0 Å². The molecule has 14 heavy (non-hydrogen) atoms. The van der Waals surface area contributed by atoms with Crippen molar-refractivity contribution < 1.29 is 9.50 Å². The van der Waals surface area contributed by atoms with Crippen LogP contribution < -0.4 is 0 Å². The summed E-state index contributed by atoms with van der Waals surface area (Å²) in [6.07, 6.45) is 1.55. The van der Waals surface area contributed by atoms with E-state index in [1.807, 2.05) is 19.9 Å². The average molecular weight is 194 g/mol. The van der Waals surface area contributed by atoms with Crippen molar-refractivity contribution >= 4 is 0 Å². The van der Waals surface area contributed by atoms with Crippen LogP contribution in [-0.4, -0.2) is 5.11 Å². The molecule has 0 radical (unpaired) electrons. The molecule has 1 unspecified atom stereocenters. The van der Waals surface area contributed by atoms with Gasteiger partial charge in [0.1, 0.15) is 5.82 Å². The first-order chi connectivity index (χ1) is 6.51. The molecule has 0 amide bonds. The highest BCUT2D eigenvalue weighted by atomic mass is 19.1. The molecule has 2 rings (SSSR count). The van der Waals surface area contributed by atoms with Crippen LogP contribution in [0.2, 0.25) is 0 Å². The molecule has 1 aromatic carbocycles. The van der Waals surface area contributed by atoms with Crippen molar-refractivity contribution in [2.75, 3.05) is 0 Å². The number of halogens is 1. The van der Waals surface area contributed by atoms with Crippen molar-refractivity contribution in [1.82, 2.24) is 0 Å². The Hall–Kier alpha value is -0.890. The summed E-state index contributed by atoms with van der Waals surface area (Å²) in [6, 6.07) is 4.77. The molecule has 2 heteroatoms. The molecule has 0 spiro atoms. The summed E-state index contributed by atoms with van der Waals surface area (Å²) in [7, 11) is 0. The van der Waals surface area contributed by atoms with E-state index >= 15 is 0 Å². The number of aliphatic hydroxyl groups excluding tert-OH is 1. The minimum Gasteiger partial charge on any atom is -0.388 e. The van der Waals surface area contributed by atoms with Crippen molar-refractivity contribution in [2.24, 2.45) is 5.41 Å². The first-order valence-corrected chi connectivity index (χ1v) is 4.96. The molecule has 1 nitrogen and oxygen atoms in total. The Morgan fingerprint density at radius 1 is 1.36 bits per heavy atom. The van der Waals surface area contributed by atoms with Crippen LogP contribution in [0.4, 0.5) is 4.39 Å². The molecule has 0 heterocycles. The number of hydrogen-bond acceptors (Lipinski definition) is 1. The van der Waals surface area contributed by atoms with Crippen LogP contribution in [-0.2, 0) is 0 Å². The van der Waals surface area contributed by atoms with Crippen molar-refractivity contribution in [3.63, 3.8) is 0 Å². The number of hydrogen-bond donors (Lipinski definition) is 1. The molecule has 0 bridgehead atoms. The molecule has 1 fully saturated rings. The van der Waals surface area contributed by atoms with Crippen LogP contribution in [0.3, 0.4) is 0 Å². The predicted molar refractivity (Wildman–Crippen MR) is 53.4 cm³/mol. The lowest BCUT2D eigenvalue weighted by molar-refractivity contribution is 0.103. The van der Waals surface area contributed by atoms with Gasteiger partial charge < -0.3 is 5.11 Å². The van der Waals surface area contributed by atoms with Gasteiger partial charge in [-0.2, -0.15) is 0 Å². The summed E-state index contributed by atoms with van der Waals surface area (Å²) < 4.78 is 13.1. The van der Waals surface area contributed by atoms with Crippen LogP contribution in [0.5, 0.6) is 0 Å². The maximum atomic E-state index is 13.1. The number of rotatable bonds is 2. The highest BCUT2D eigenvalue weighted by molar-refractivity contribution is 5.27. The average Bonchev–Trinajstić information content (AvgIpc) is 2.82. The van der Waals surface area contributed by atoms with Crippen LogP contribution in [0, 0.1) is 18.2 Å². The summed E-state index contributed by atoms with van der Waals surface area (Å²) in [4.78, 5) is 0. The van der Waals surface area contributed by atoms with Gasteiger partial charge in [-0.15, -0.1) is 0 Å². The number of aryl methyl sites for hydroxylation is 1. The predicted octanol–water partition coefficient (Wildman–Crippen LogP) is 2.97. The highest BCUT2D eigenvalue weighted by Crippen LogP contribution is 2.54. The maximum Gasteiger partial charge on any atom is 0.123 e. The van der Waals surface area contributed by atoms with Gasteiger partial charge in [0.15, 0.2) is 0 Å². The van der Waals surface area contributed by atoms with Gasteiger partial charge in [-0.25, -0.2) is 4.39 Å². The van der Waals surface area contributed by atoms with Gasteiger partial charge in [-0.1, -0.05) is 13.0 Å². The molecule has 0 aliphatic heterocycles. The van der Waals surface area contributed by atoms with E-state index < -0.39 is 6.10 Å². The summed E-state index contributed by atoms with van der Waals surface area (Å²) in [6.45, 7) is 3.88. The van der Waals surface area contributed by atoms with E-state index in [0.29, 0.717) is 5.56 Å². The van der Waals surface area contributed by atoms with E-state index in [-0.39, 0.29) is 11.2 Å². The Balaban J connectivity index is 2.31. The minimum atomic E-state index is -0.517. The first-order valence-electron chi connectivity index (χ1n) is 4.96. The summed E-state index contributed by atoms with van der Waals surface area (Å²) in [5.74, 6) is -0.261. The zero-order valence-electron chi connectivity index (χ0n) is 8.55. The molecule has 1 aliphatic rings. The molecule has 1 atom stereocenters. The Kier molecular flexibility index (Phi) is 2.11. The van der Waals surface area contributed by atoms with E-state index in [1.165, 1.54) is 12.1 Å². The maximum absolute atomic E-state index is 13.1. The van der Waals surface area contributed by atoms with Crippen LogP contribution in [0.25, 0.3) is 0 Å². The third-order valence-corrected chi connectivity index (χ3v) is 3.08. The SMILES string of the molecule is Cc1cc(F)cc(C(O)C2(C)CC2)c1. The fourth-order valence-electron chi connectivity index (χ4n) is 1.80. The molecule has 1 aromatic rings.